The first-order valence-corrected chi connectivity index (χ1v) is 8.28. The van der Waals surface area contributed by atoms with Crippen LogP contribution in [0.1, 0.15) is 37.5 Å². The summed E-state index contributed by atoms with van der Waals surface area (Å²) < 4.78 is 14.3. The molecule has 25 heavy (non-hydrogen) atoms. The minimum atomic E-state index is -0.948. The monoisotopic (exact) mass is 344 g/mol. The molecule has 3 heterocycles. The number of nitrogens with two attached hydrogens (primary N) is 1. The average Bonchev–Trinajstić information content (AvgIpc) is 2.59. The van der Waals surface area contributed by atoms with Crippen LogP contribution in [0.2, 0.25) is 0 Å². The molecule has 1 atom stereocenters. The van der Waals surface area contributed by atoms with Crippen LogP contribution in [-0.2, 0) is 6.42 Å². The van der Waals surface area contributed by atoms with Crippen molar-refractivity contribution in [2.75, 3.05) is 11.4 Å². The van der Waals surface area contributed by atoms with E-state index in [-0.39, 0.29) is 11.5 Å². The van der Waals surface area contributed by atoms with Crippen LogP contribution in [0.25, 0.3) is 11.1 Å². The zero-order chi connectivity index (χ0) is 18.1. The molecule has 6 nitrogen and oxygen atoms in total. The second-order valence-corrected chi connectivity index (χ2v) is 6.57. The summed E-state index contributed by atoms with van der Waals surface area (Å²) in [5, 5.41) is 10.4. The number of fused-ring (bicyclic) bond motifs is 1. The van der Waals surface area contributed by atoms with Crippen LogP contribution in [0.3, 0.4) is 0 Å². The third-order valence-corrected chi connectivity index (χ3v) is 4.47. The molecule has 3 rings (SSSR count). The van der Waals surface area contributed by atoms with Gasteiger partial charge in [-0.15, -0.1) is 0 Å². The number of carbonyl (C=O) groups excluding carboxylic acids is 1. The predicted octanol–water partition coefficient (Wildman–Crippen LogP) is 2.80. The Balaban J connectivity index is 2.10. The van der Waals surface area contributed by atoms with Gasteiger partial charge in [0.15, 0.2) is 0 Å². The summed E-state index contributed by atoms with van der Waals surface area (Å²) in [4.78, 5) is 21.3. The molecule has 3 N–H and O–H groups in total. The minimum Gasteiger partial charge on any atom is -0.388 e. The maximum absolute atomic E-state index is 14.3. The molecule has 1 aliphatic rings. The Bertz CT molecular complexity index is 810. The minimum absolute atomic E-state index is 0.147. The molecule has 1 aliphatic heterocycles. The van der Waals surface area contributed by atoms with E-state index in [2.05, 4.69) is 9.97 Å². The van der Waals surface area contributed by atoms with Gasteiger partial charge in [0, 0.05) is 35.6 Å². The van der Waals surface area contributed by atoms with E-state index < -0.39 is 18.0 Å². The van der Waals surface area contributed by atoms with Crippen LogP contribution in [0, 0.1) is 11.7 Å². The SMILES string of the molecule is CC(C)C(O)c1c(F)cncc1-c1cnc2c(c1)CCCN2C(N)=O. The third-order valence-electron chi connectivity index (χ3n) is 4.47. The molecule has 0 saturated carbocycles. The number of rotatable bonds is 3. The molecular weight excluding hydrogens is 323 g/mol. The van der Waals surface area contributed by atoms with Gasteiger partial charge in [-0.2, -0.15) is 0 Å². The van der Waals surface area contributed by atoms with Crippen molar-refractivity contribution in [3.8, 4) is 11.1 Å². The molecule has 7 heteroatoms. The molecule has 0 aromatic carbocycles. The van der Waals surface area contributed by atoms with E-state index in [0.29, 0.717) is 23.5 Å². The molecule has 2 aromatic heterocycles. The summed E-state index contributed by atoms with van der Waals surface area (Å²) in [6, 6.07) is 1.33. The molecule has 1 unspecified atom stereocenters. The van der Waals surface area contributed by atoms with Gasteiger partial charge in [-0.25, -0.2) is 14.2 Å². The number of aliphatic hydroxyl groups is 1. The van der Waals surface area contributed by atoms with E-state index in [1.54, 1.807) is 6.20 Å². The molecule has 0 fully saturated rings. The summed E-state index contributed by atoms with van der Waals surface area (Å²) in [5.41, 5.74) is 7.66. The van der Waals surface area contributed by atoms with Crippen molar-refractivity contribution in [3.63, 3.8) is 0 Å². The first kappa shape index (κ1) is 17.3. The highest BCUT2D eigenvalue weighted by atomic mass is 19.1. The number of amides is 2. The first-order valence-electron chi connectivity index (χ1n) is 8.28. The fraction of sp³-hybridized carbons (Fsp3) is 0.389. The molecule has 132 valence electrons. The standard InChI is InChI=1S/C18H21FN4O2/c1-10(2)16(24)15-13(8-21-9-14(15)19)12-6-11-4-3-5-23(18(20)25)17(11)22-7-12/h6-10,16,24H,3-5H2,1-2H3,(H2,20,25). The number of carbonyl (C=O) groups is 1. The normalized spacial score (nSPS) is 15.2. The Labute approximate surface area is 145 Å². The van der Waals surface area contributed by atoms with Gasteiger partial charge >= 0.3 is 6.03 Å². The van der Waals surface area contributed by atoms with Crippen LogP contribution in [0.15, 0.2) is 24.7 Å². The fourth-order valence-corrected chi connectivity index (χ4v) is 3.13. The van der Waals surface area contributed by atoms with Crippen LogP contribution < -0.4 is 10.6 Å². The molecule has 2 aromatic rings. The third kappa shape index (κ3) is 3.19. The number of primary amides is 1. The molecule has 0 spiro atoms. The predicted molar refractivity (Wildman–Crippen MR) is 92.5 cm³/mol. The van der Waals surface area contributed by atoms with E-state index in [9.17, 15) is 14.3 Å². The maximum atomic E-state index is 14.3. The van der Waals surface area contributed by atoms with Gasteiger partial charge in [0.2, 0.25) is 0 Å². The summed E-state index contributed by atoms with van der Waals surface area (Å²) in [6.45, 7) is 4.18. The van der Waals surface area contributed by atoms with Crippen molar-refractivity contribution in [2.45, 2.75) is 32.8 Å². The average molecular weight is 344 g/mol. The molecule has 0 aliphatic carbocycles. The van der Waals surface area contributed by atoms with Crippen molar-refractivity contribution in [1.29, 1.82) is 0 Å². The number of nitrogens with zero attached hydrogens (tertiary/aromatic N) is 3. The van der Waals surface area contributed by atoms with Crippen LogP contribution >= 0.6 is 0 Å². The number of aliphatic hydroxyl groups excluding tert-OH is 1. The lowest BCUT2D eigenvalue weighted by Gasteiger charge is -2.27. The number of anilines is 1. The highest BCUT2D eigenvalue weighted by Crippen LogP contribution is 2.35. The van der Waals surface area contributed by atoms with Crippen LogP contribution in [-0.4, -0.2) is 27.7 Å². The Morgan fingerprint density at radius 2 is 2.12 bits per heavy atom. The number of hydrogen-bond donors (Lipinski definition) is 2. The van der Waals surface area contributed by atoms with Crippen LogP contribution in [0.4, 0.5) is 15.0 Å². The molecular formula is C18H21FN4O2. The van der Waals surface area contributed by atoms with Crippen molar-refractivity contribution >= 4 is 11.8 Å². The zero-order valence-corrected chi connectivity index (χ0v) is 14.2. The van der Waals surface area contributed by atoms with Crippen molar-refractivity contribution in [3.05, 3.63) is 41.6 Å². The van der Waals surface area contributed by atoms with Crippen molar-refractivity contribution in [2.24, 2.45) is 11.7 Å². The Hall–Kier alpha value is -2.54. The molecule has 2 amide bonds. The van der Waals surface area contributed by atoms with E-state index in [0.717, 1.165) is 24.6 Å². The van der Waals surface area contributed by atoms with Gasteiger partial charge in [0.05, 0.1) is 12.3 Å². The van der Waals surface area contributed by atoms with Gasteiger partial charge in [0.25, 0.3) is 0 Å². The molecule has 0 radical (unpaired) electrons. The van der Waals surface area contributed by atoms with Gasteiger partial charge in [-0.1, -0.05) is 13.8 Å². The second kappa shape index (κ2) is 6.76. The highest BCUT2D eigenvalue weighted by Gasteiger charge is 2.25. The number of aryl methyl sites for hydroxylation is 1. The summed E-state index contributed by atoms with van der Waals surface area (Å²) >= 11 is 0. The summed E-state index contributed by atoms with van der Waals surface area (Å²) in [5.74, 6) is -0.153. The fourth-order valence-electron chi connectivity index (χ4n) is 3.13. The summed E-state index contributed by atoms with van der Waals surface area (Å²) in [7, 11) is 0. The maximum Gasteiger partial charge on any atom is 0.320 e. The quantitative estimate of drug-likeness (QED) is 0.895. The van der Waals surface area contributed by atoms with Gasteiger partial charge in [-0.05, 0) is 30.4 Å². The van der Waals surface area contributed by atoms with Gasteiger partial charge in [0.1, 0.15) is 11.6 Å². The van der Waals surface area contributed by atoms with E-state index in [4.69, 9.17) is 5.73 Å². The number of halogens is 1. The number of aromatic nitrogens is 2. The molecule has 0 saturated heterocycles. The first-order chi connectivity index (χ1) is 11.9. The van der Waals surface area contributed by atoms with E-state index in [1.165, 1.54) is 11.1 Å². The lowest BCUT2D eigenvalue weighted by atomic mass is 9.92. The van der Waals surface area contributed by atoms with Crippen molar-refractivity contribution in [1.82, 2.24) is 9.97 Å². The van der Waals surface area contributed by atoms with Crippen molar-refractivity contribution < 1.29 is 14.3 Å². The topological polar surface area (TPSA) is 92.3 Å². The lowest BCUT2D eigenvalue weighted by molar-refractivity contribution is 0.123. The number of urea groups is 1. The van der Waals surface area contributed by atoms with E-state index in [1.807, 2.05) is 19.9 Å². The Morgan fingerprint density at radius 3 is 2.80 bits per heavy atom. The Kier molecular flexibility index (Phi) is 4.67. The van der Waals surface area contributed by atoms with E-state index >= 15 is 0 Å². The van der Waals surface area contributed by atoms with Gasteiger partial charge in [-0.3, -0.25) is 9.88 Å². The summed E-state index contributed by atoms with van der Waals surface area (Å²) in [6.07, 6.45) is 4.78. The zero-order valence-electron chi connectivity index (χ0n) is 14.2. The number of hydrogen-bond acceptors (Lipinski definition) is 4. The number of pyridine rings is 2. The smallest absolute Gasteiger partial charge is 0.320 e. The Morgan fingerprint density at radius 1 is 1.36 bits per heavy atom. The lowest BCUT2D eigenvalue weighted by Crippen LogP contribution is -2.40. The second-order valence-electron chi connectivity index (χ2n) is 6.57. The largest absolute Gasteiger partial charge is 0.388 e. The van der Waals surface area contributed by atoms with Gasteiger partial charge < -0.3 is 10.8 Å². The molecule has 0 bridgehead atoms. The van der Waals surface area contributed by atoms with Crippen LogP contribution in [0.5, 0.6) is 0 Å². The highest BCUT2D eigenvalue weighted by molar-refractivity contribution is 5.91.